The molecule has 0 aliphatic carbocycles. The molecule has 2 aromatic rings. The Morgan fingerprint density at radius 3 is 2.95 bits per heavy atom. The Labute approximate surface area is 127 Å². The summed E-state index contributed by atoms with van der Waals surface area (Å²) in [5, 5.41) is 13.6. The van der Waals surface area contributed by atoms with Gasteiger partial charge in [0, 0.05) is 19.3 Å². The van der Waals surface area contributed by atoms with Crippen molar-refractivity contribution in [1.82, 2.24) is 14.3 Å². The molecule has 1 aliphatic heterocycles. The van der Waals surface area contributed by atoms with Crippen LogP contribution in [0.5, 0.6) is 0 Å². The molecule has 0 atom stereocenters. The Morgan fingerprint density at radius 1 is 1.43 bits per heavy atom. The fraction of sp³-hybridized carbons (Fsp3) is 0.429. The van der Waals surface area contributed by atoms with Gasteiger partial charge in [-0.25, -0.2) is 9.07 Å². The van der Waals surface area contributed by atoms with Crippen LogP contribution in [-0.2, 0) is 26.7 Å². The van der Waals surface area contributed by atoms with Gasteiger partial charge < -0.3 is 14.6 Å². The van der Waals surface area contributed by atoms with Crippen LogP contribution in [0.2, 0.25) is 0 Å². The number of fused-ring (bicyclic) bond motifs is 1. The van der Waals surface area contributed by atoms with Crippen molar-refractivity contribution in [3.05, 3.63) is 40.2 Å². The van der Waals surface area contributed by atoms with Gasteiger partial charge in [0.05, 0.1) is 0 Å². The molecule has 1 aliphatic rings. The zero-order chi connectivity index (χ0) is 15.0. The average molecular weight is 308 g/mol. The summed E-state index contributed by atoms with van der Waals surface area (Å²) < 4.78 is 17.3. The van der Waals surface area contributed by atoms with Gasteiger partial charge in [0.2, 0.25) is 0 Å². The summed E-state index contributed by atoms with van der Waals surface area (Å²) >= 11 is 5.33. The lowest BCUT2D eigenvalue weighted by atomic mass is 10.0. The van der Waals surface area contributed by atoms with Crippen molar-refractivity contribution in [1.29, 1.82) is 0 Å². The number of nitrogens with zero attached hydrogens (tertiary/aromatic N) is 4. The normalized spacial score (nSPS) is 14.3. The van der Waals surface area contributed by atoms with Gasteiger partial charge in [-0.3, -0.25) is 0 Å². The SMILES string of the molecule is Cn1c(CO)nn(CN2CCCc3cc(F)ccc32)c1=S. The van der Waals surface area contributed by atoms with E-state index in [-0.39, 0.29) is 12.4 Å². The van der Waals surface area contributed by atoms with E-state index in [2.05, 4.69) is 10.00 Å². The highest BCUT2D eigenvalue weighted by Crippen LogP contribution is 2.28. The number of benzene rings is 1. The largest absolute Gasteiger partial charge is 0.388 e. The van der Waals surface area contributed by atoms with Gasteiger partial charge in [-0.15, -0.1) is 0 Å². The number of aliphatic hydroxyl groups excluding tert-OH is 1. The monoisotopic (exact) mass is 308 g/mol. The van der Waals surface area contributed by atoms with Crippen molar-refractivity contribution in [3.63, 3.8) is 0 Å². The number of aromatic nitrogens is 3. The lowest BCUT2D eigenvalue weighted by Crippen LogP contribution is -2.32. The Kier molecular flexibility index (Phi) is 3.77. The van der Waals surface area contributed by atoms with E-state index < -0.39 is 0 Å². The second kappa shape index (κ2) is 5.57. The third-order valence-electron chi connectivity index (χ3n) is 3.83. The van der Waals surface area contributed by atoms with Crippen molar-refractivity contribution in [2.75, 3.05) is 11.4 Å². The molecule has 1 aromatic carbocycles. The summed E-state index contributed by atoms with van der Waals surface area (Å²) in [7, 11) is 1.79. The van der Waals surface area contributed by atoms with E-state index in [1.54, 1.807) is 22.4 Å². The molecular weight excluding hydrogens is 291 g/mol. The minimum absolute atomic E-state index is 0.144. The van der Waals surface area contributed by atoms with Gasteiger partial charge in [0.15, 0.2) is 10.6 Å². The molecule has 0 saturated carbocycles. The molecule has 7 heteroatoms. The van der Waals surface area contributed by atoms with E-state index in [9.17, 15) is 9.50 Å². The van der Waals surface area contributed by atoms with Gasteiger partial charge >= 0.3 is 0 Å². The number of hydrogen-bond donors (Lipinski definition) is 1. The predicted octanol–water partition coefficient (Wildman–Crippen LogP) is 1.99. The molecule has 3 rings (SSSR count). The molecule has 21 heavy (non-hydrogen) atoms. The van der Waals surface area contributed by atoms with Crippen LogP contribution in [0, 0.1) is 10.6 Å². The summed E-state index contributed by atoms with van der Waals surface area (Å²) in [6.07, 6.45) is 1.86. The first-order valence-electron chi connectivity index (χ1n) is 6.87. The zero-order valence-corrected chi connectivity index (χ0v) is 12.6. The van der Waals surface area contributed by atoms with Crippen molar-refractivity contribution in [2.45, 2.75) is 26.1 Å². The van der Waals surface area contributed by atoms with Gasteiger partial charge in [-0.05, 0) is 48.8 Å². The van der Waals surface area contributed by atoms with E-state index >= 15 is 0 Å². The molecule has 0 bridgehead atoms. The quantitative estimate of drug-likeness (QED) is 0.881. The van der Waals surface area contributed by atoms with Crippen molar-refractivity contribution >= 4 is 17.9 Å². The lowest BCUT2D eigenvalue weighted by molar-refractivity contribution is 0.265. The number of hydrogen-bond acceptors (Lipinski definition) is 4. The van der Waals surface area contributed by atoms with Crippen LogP contribution in [0.15, 0.2) is 18.2 Å². The highest BCUT2D eigenvalue weighted by Gasteiger charge is 2.19. The Bertz CT molecular complexity index is 724. The third-order valence-corrected chi connectivity index (χ3v) is 4.32. The Hall–Kier alpha value is -1.73. The van der Waals surface area contributed by atoms with Crippen LogP contribution in [0.4, 0.5) is 10.1 Å². The van der Waals surface area contributed by atoms with Crippen molar-refractivity contribution < 1.29 is 9.50 Å². The Balaban J connectivity index is 1.92. The van der Waals surface area contributed by atoms with Gasteiger partial charge in [0.25, 0.3) is 0 Å². The van der Waals surface area contributed by atoms with E-state index in [4.69, 9.17) is 12.2 Å². The number of aliphatic hydroxyl groups is 1. The molecule has 0 radical (unpaired) electrons. The number of aryl methyl sites for hydroxylation is 1. The van der Waals surface area contributed by atoms with Gasteiger partial charge in [0.1, 0.15) is 19.1 Å². The maximum absolute atomic E-state index is 13.3. The van der Waals surface area contributed by atoms with E-state index in [0.717, 1.165) is 30.6 Å². The van der Waals surface area contributed by atoms with Crippen LogP contribution < -0.4 is 4.90 Å². The average Bonchev–Trinajstić information content (AvgIpc) is 2.75. The number of anilines is 1. The number of halogens is 1. The lowest BCUT2D eigenvalue weighted by Gasteiger charge is -2.31. The first-order valence-corrected chi connectivity index (χ1v) is 7.28. The van der Waals surface area contributed by atoms with Crippen molar-refractivity contribution in [2.24, 2.45) is 7.05 Å². The Morgan fingerprint density at radius 2 is 2.24 bits per heavy atom. The zero-order valence-electron chi connectivity index (χ0n) is 11.8. The van der Waals surface area contributed by atoms with Crippen molar-refractivity contribution in [3.8, 4) is 0 Å². The first-order chi connectivity index (χ1) is 10.1. The molecule has 0 unspecified atom stereocenters. The topological polar surface area (TPSA) is 46.2 Å². The molecule has 0 spiro atoms. The standard InChI is InChI=1S/C14H17FN4OS/c1-17-13(8-20)16-19(14(17)21)9-18-6-2-3-10-7-11(15)4-5-12(10)18/h4-5,7,20H,2-3,6,8-9H2,1H3. The second-order valence-electron chi connectivity index (χ2n) is 5.20. The maximum Gasteiger partial charge on any atom is 0.199 e. The minimum Gasteiger partial charge on any atom is -0.388 e. The molecule has 0 saturated heterocycles. The van der Waals surface area contributed by atoms with E-state index in [1.807, 2.05) is 6.07 Å². The van der Waals surface area contributed by atoms with Gasteiger partial charge in [-0.2, -0.15) is 5.10 Å². The molecule has 2 heterocycles. The highest BCUT2D eigenvalue weighted by molar-refractivity contribution is 7.71. The van der Waals surface area contributed by atoms with Gasteiger partial charge in [-0.1, -0.05) is 0 Å². The molecular formula is C14H17FN4OS. The molecule has 112 valence electrons. The third kappa shape index (κ3) is 2.58. The minimum atomic E-state index is -0.201. The first kappa shape index (κ1) is 14.2. The highest BCUT2D eigenvalue weighted by atomic mass is 32.1. The smallest absolute Gasteiger partial charge is 0.199 e. The van der Waals surface area contributed by atoms with Crippen LogP contribution in [0.25, 0.3) is 0 Å². The second-order valence-corrected chi connectivity index (χ2v) is 5.56. The summed E-state index contributed by atoms with van der Waals surface area (Å²) in [4.78, 5) is 2.14. The van der Waals surface area contributed by atoms with E-state index in [1.165, 1.54) is 6.07 Å². The summed E-state index contributed by atoms with van der Waals surface area (Å²) in [6.45, 7) is 1.24. The summed E-state index contributed by atoms with van der Waals surface area (Å²) in [5.41, 5.74) is 2.05. The van der Waals surface area contributed by atoms with Crippen LogP contribution in [-0.4, -0.2) is 26.0 Å². The molecule has 1 N–H and O–H groups in total. The molecule has 0 fully saturated rings. The number of rotatable bonds is 3. The summed E-state index contributed by atoms with van der Waals surface area (Å²) in [5.74, 6) is 0.337. The molecule has 1 aromatic heterocycles. The van der Waals surface area contributed by atoms with Crippen LogP contribution in [0.1, 0.15) is 17.8 Å². The van der Waals surface area contributed by atoms with E-state index in [0.29, 0.717) is 17.3 Å². The maximum atomic E-state index is 13.3. The molecule has 5 nitrogen and oxygen atoms in total. The predicted molar refractivity (Wildman–Crippen MR) is 80.0 cm³/mol. The van der Waals surface area contributed by atoms with Crippen LogP contribution >= 0.6 is 12.2 Å². The fourth-order valence-electron chi connectivity index (χ4n) is 2.71. The van der Waals surface area contributed by atoms with Crippen LogP contribution in [0.3, 0.4) is 0 Å². The summed E-state index contributed by atoms with van der Waals surface area (Å²) in [6, 6.07) is 4.88. The fourth-order valence-corrected chi connectivity index (χ4v) is 2.92. The molecule has 0 amide bonds.